The van der Waals surface area contributed by atoms with Crippen LogP contribution in [0.5, 0.6) is 5.75 Å². The van der Waals surface area contributed by atoms with Gasteiger partial charge >= 0.3 is 0 Å². The van der Waals surface area contributed by atoms with Crippen molar-refractivity contribution < 1.29 is 9.53 Å². The number of nitrogens with zero attached hydrogens (tertiary/aromatic N) is 1. The summed E-state index contributed by atoms with van der Waals surface area (Å²) in [6, 6.07) is 15.8. The third-order valence-electron chi connectivity index (χ3n) is 4.16. The first-order valence-corrected chi connectivity index (χ1v) is 10.0. The van der Waals surface area contributed by atoms with E-state index in [1.165, 1.54) is 0 Å². The molecule has 0 aromatic heterocycles. The fourth-order valence-electron chi connectivity index (χ4n) is 2.81. The molecule has 0 saturated heterocycles. The van der Waals surface area contributed by atoms with E-state index >= 15 is 0 Å². The summed E-state index contributed by atoms with van der Waals surface area (Å²) in [4.78, 5) is 16.6. The number of aliphatic imine (C=N–C) groups is 1. The summed E-state index contributed by atoms with van der Waals surface area (Å²) in [5.74, 6) is 1.95. The van der Waals surface area contributed by atoms with Crippen molar-refractivity contribution in [2.24, 2.45) is 10.9 Å². The number of benzene rings is 2. The molecule has 0 aliphatic carbocycles. The molecule has 2 rings (SSSR count). The molecule has 0 atom stereocenters. The highest BCUT2D eigenvalue weighted by atomic mass is 16.5. The SMILES string of the molecule is CCNC(=NCc1cccc(NC(=O)CC(C)C)c1)NCc1cccc(OC)c1. The number of carbonyl (C=O) groups excluding carboxylic acids is 1. The van der Waals surface area contributed by atoms with Crippen molar-refractivity contribution in [2.45, 2.75) is 40.3 Å². The van der Waals surface area contributed by atoms with Gasteiger partial charge in [-0.05, 0) is 48.2 Å². The van der Waals surface area contributed by atoms with Gasteiger partial charge in [-0.1, -0.05) is 38.1 Å². The molecule has 2 aromatic rings. The zero-order chi connectivity index (χ0) is 21.1. The van der Waals surface area contributed by atoms with Crippen LogP contribution in [0, 0.1) is 5.92 Å². The third-order valence-corrected chi connectivity index (χ3v) is 4.16. The van der Waals surface area contributed by atoms with Crippen LogP contribution in [0.3, 0.4) is 0 Å². The Morgan fingerprint density at radius 1 is 1.07 bits per heavy atom. The van der Waals surface area contributed by atoms with Crippen molar-refractivity contribution in [2.75, 3.05) is 19.0 Å². The second-order valence-corrected chi connectivity index (χ2v) is 7.25. The lowest BCUT2D eigenvalue weighted by Crippen LogP contribution is -2.36. The molecule has 0 aliphatic heterocycles. The first kappa shape index (κ1) is 22.3. The van der Waals surface area contributed by atoms with Crippen molar-refractivity contribution in [3.05, 3.63) is 59.7 Å². The maximum atomic E-state index is 12.0. The second-order valence-electron chi connectivity index (χ2n) is 7.25. The maximum Gasteiger partial charge on any atom is 0.224 e. The minimum Gasteiger partial charge on any atom is -0.497 e. The summed E-state index contributed by atoms with van der Waals surface area (Å²) in [6.45, 7) is 8.04. The van der Waals surface area contributed by atoms with E-state index < -0.39 is 0 Å². The summed E-state index contributed by atoms with van der Waals surface area (Å²) in [5, 5.41) is 9.55. The Kier molecular flexibility index (Phi) is 9.02. The lowest BCUT2D eigenvalue weighted by molar-refractivity contribution is -0.116. The van der Waals surface area contributed by atoms with Crippen LogP contribution in [0.15, 0.2) is 53.5 Å². The molecule has 2 aromatic carbocycles. The van der Waals surface area contributed by atoms with Crippen molar-refractivity contribution in [3.63, 3.8) is 0 Å². The fourth-order valence-corrected chi connectivity index (χ4v) is 2.81. The molecule has 29 heavy (non-hydrogen) atoms. The molecule has 0 aliphatic rings. The van der Waals surface area contributed by atoms with Gasteiger partial charge in [-0.2, -0.15) is 0 Å². The van der Waals surface area contributed by atoms with Crippen LogP contribution < -0.4 is 20.7 Å². The van der Waals surface area contributed by atoms with Crippen LogP contribution in [-0.2, 0) is 17.9 Å². The molecule has 0 saturated carbocycles. The van der Waals surface area contributed by atoms with Crippen LogP contribution in [0.4, 0.5) is 5.69 Å². The number of anilines is 1. The van der Waals surface area contributed by atoms with Gasteiger partial charge in [0.2, 0.25) is 5.91 Å². The zero-order valence-corrected chi connectivity index (χ0v) is 17.8. The molecule has 6 nitrogen and oxygen atoms in total. The molecule has 0 radical (unpaired) electrons. The fraction of sp³-hybridized carbons (Fsp3) is 0.391. The van der Waals surface area contributed by atoms with Gasteiger partial charge in [0.05, 0.1) is 13.7 Å². The Balaban J connectivity index is 1.98. The molecule has 0 heterocycles. The number of guanidine groups is 1. The van der Waals surface area contributed by atoms with Crippen molar-refractivity contribution in [1.82, 2.24) is 10.6 Å². The van der Waals surface area contributed by atoms with Gasteiger partial charge in [0.25, 0.3) is 0 Å². The van der Waals surface area contributed by atoms with Gasteiger partial charge in [-0.3, -0.25) is 4.79 Å². The highest BCUT2D eigenvalue weighted by molar-refractivity contribution is 5.90. The lowest BCUT2D eigenvalue weighted by Gasteiger charge is -2.12. The van der Waals surface area contributed by atoms with Crippen molar-refractivity contribution in [3.8, 4) is 5.75 Å². The first-order valence-electron chi connectivity index (χ1n) is 10.0. The number of rotatable bonds is 9. The smallest absolute Gasteiger partial charge is 0.224 e. The zero-order valence-electron chi connectivity index (χ0n) is 17.8. The van der Waals surface area contributed by atoms with E-state index in [0.717, 1.165) is 35.1 Å². The molecule has 0 fully saturated rings. The average Bonchev–Trinajstić information content (AvgIpc) is 2.70. The van der Waals surface area contributed by atoms with E-state index in [9.17, 15) is 4.79 Å². The number of methoxy groups -OCH3 is 1. The van der Waals surface area contributed by atoms with Gasteiger partial charge in [0, 0.05) is 25.2 Å². The summed E-state index contributed by atoms with van der Waals surface area (Å²) in [6.07, 6.45) is 0.515. The minimum atomic E-state index is 0.0361. The molecule has 3 N–H and O–H groups in total. The molecule has 156 valence electrons. The maximum absolute atomic E-state index is 12.0. The van der Waals surface area contributed by atoms with E-state index in [4.69, 9.17) is 4.74 Å². The first-order chi connectivity index (χ1) is 14.0. The van der Waals surface area contributed by atoms with E-state index in [2.05, 4.69) is 20.9 Å². The summed E-state index contributed by atoms with van der Waals surface area (Å²) in [5.41, 5.74) is 2.95. The van der Waals surface area contributed by atoms with Crippen molar-refractivity contribution in [1.29, 1.82) is 0 Å². The predicted molar refractivity (Wildman–Crippen MR) is 119 cm³/mol. The Bertz CT molecular complexity index is 818. The number of ether oxygens (including phenoxy) is 1. The molecular formula is C23H32N4O2. The van der Waals surface area contributed by atoms with Crippen LogP contribution >= 0.6 is 0 Å². The van der Waals surface area contributed by atoms with E-state index in [0.29, 0.717) is 25.4 Å². The standard InChI is InChI=1S/C23H32N4O2/c1-5-24-23(26-16-19-9-7-11-21(14-19)29-4)25-15-18-8-6-10-20(13-18)27-22(28)12-17(2)3/h6-11,13-14,17H,5,12,15-16H2,1-4H3,(H,27,28)(H2,24,25,26). The van der Waals surface area contributed by atoms with E-state index in [1.54, 1.807) is 7.11 Å². The highest BCUT2D eigenvalue weighted by Crippen LogP contribution is 2.14. The van der Waals surface area contributed by atoms with Gasteiger partial charge in [-0.15, -0.1) is 0 Å². The van der Waals surface area contributed by atoms with Crippen LogP contribution in [0.2, 0.25) is 0 Å². The van der Waals surface area contributed by atoms with Crippen LogP contribution in [0.25, 0.3) is 0 Å². The minimum absolute atomic E-state index is 0.0361. The monoisotopic (exact) mass is 396 g/mol. The van der Waals surface area contributed by atoms with Gasteiger partial charge in [0.15, 0.2) is 5.96 Å². The summed E-state index contributed by atoms with van der Waals surface area (Å²) in [7, 11) is 1.66. The summed E-state index contributed by atoms with van der Waals surface area (Å²) < 4.78 is 5.27. The highest BCUT2D eigenvalue weighted by Gasteiger charge is 2.06. The summed E-state index contributed by atoms with van der Waals surface area (Å²) >= 11 is 0. The Labute approximate surface area is 173 Å². The number of nitrogens with one attached hydrogen (secondary N) is 3. The van der Waals surface area contributed by atoms with Gasteiger partial charge in [-0.25, -0.2) is 4.99 Å². The van der Waals surface area contributed by atoms with Gasteiger partial charge < -0.3 is 20.7 Å². The number of amides is 1. The Morgan fingerprint density at radius 3 is 2.55 bits per heavy atom. The lowest BCUT2D eigenvalue weighted by atomic mass is 10.1. The Hall–Kier alpha value is -3.02. The Morgan fingerprint density at radius 2 is 1.83 bits per heavy atom. The molecular weight excluding hydrogens is 364 g/mol. The predicted octanol–water partition coefficient (Wildman–Crippen LogP) is 3.94. The third kappa shape index (κ3) is 8.25. The van der Waals surface area contributed by atoms with Crippen molar-refractivity contribution >= 4 is 17.6 Å². The quantitative estimate of drug-likeness (QED) is 0.443. The molecule has 0 spiro atoms. The second kappa shape index (κ2) is 11.7. The number of hydrogen-bond acceptors (Lipinski definition) is 3. The normalized spacial score (nSPS) is 11.3. The topological polar surface area (TPSA) is 74.8 Å². The van der Waals surface area contributed by atoms with Gasteiger partial charge in [0.1, 0.15) is 5.75 Å². The molecule has 1 amide bonds. The van der Waals surface area contributed by atoms with E-state index in [-0.39, 0.29) is 5.91 Å². The number of hydrogen-bond donors (Lipinski definition) is 3. The molecule has 0 bridgehead atoms. The largest absolute Gasteiger partial charge is 0.497 e. The average molecular weight is 397 g/mol. The molecule has 6 heteroatoms. The van der Waals surface area contributed by atoms with E-state index in [1.807, 2.05) is 69.3 Å². The molecule has 0 unspecified atom stereocenters. The van der Waals surface area contributed by atoms with Crippen LogP contribution in [0.1, 0.15) is 38.3 Å². The van der Waals surface area contributed by atoms with Crippen LogP contribution in [-0.4, -0.2) is 25.5 Å². The number of carbonyl (C=O) groups is 1.